The first-order valence-corrected chi connectivity index (χ1v) is 8.11. The Hall–Kier alpha value is -2.47. The minimum Gasteiger partial charge on any atom is -0.496 e. The second kappa shape index (κ2) is 8.24. The highest BCUT2D eigenvalue weighted by atomic mass is 32.2. The van der Waals surface area contributed by atoms with Gasteiger partial charge in [-0.25, -0.2) is 4.79 Å². The molecule has 0 heterocycles. The number of rotatable bonds is 6. The zero-order valence-corrected chi connectivity index (χ0v) is 13.7. The Morgan fingerprint density at radius 1 is 1.09 bits per heavy atom. The van der Waals surface area contributed by atoms with Gasteiger partial charge in [0.15, 0.2) is 6.61 Å². The van der Waals surface area contributed by atoms with Gasteiger partial charge in [-0.2, -0.15) is 0 Å². The maximum Gasteiger partial charge on any atom is 0.342 e. The summed E-state index contributed by atoms with van der Waals surface area (Å²) in [6, 6.07) is 14.1. The van der Waals surface area contributed by atoms with Gasteiger partial charge in [0.1, 0.15) is 11.3 Å². The first-order chi connectivity index (χ1) is 11.2. The summed E-state index contributed by atoms with van der Waals surface area (Å²) in [6.07, 6.45) is 1.92. The number of benzene rings is 2. The second-order valence-electron chi connectivity index (χ2n) is 4.52. The number of esters is 1. The first-order valence-electron chi connectivity index (χ1n) is 6.88. The number of hydrogen-bond donors (Lipinski definition) is 1. The van der Waals surface area contributed by atoms with Crippen molar-refractivity contribution in [1.82, 2.24) is 0 Å². The summed E-state index contributed by atoms with van der Waals surface area (Å²) in [5.74, 6) is -0.587. The molecule has 2 aromatic carbocycles. The van der Waals surface area contributed by atoms with E-state index in [0.29, 0.717) is 11.4 Å². The van der Waals surface area contributed by atoms with Gasteiger partial charge in [0.25, 0.3) is 5.91 Å². The predicted octanol–water partition coefficient (Wildman–Crippen LogP) is 3.21. The van der Waals surface area contributed by atoms with Crippen molar-refractivity contribution < 1.29 is 19.1 Å². The summed E-state index contributed by atoms with van der Waals surface area (Å²) in [5, 5.41) is 2.73. The number of nitrogens with one attached hydrogen (secondary N) is 1. The zero-order chi connectivity index (χ0) is 16.7. The van der Waals surface area contributed by atoms with Crippen LogP contribution in [0.4, 0.5) is 5.69 Å². The molecule has 0 aromatic heterocycles. The standard InChI is InChI=1S/C17H17NO4S/c1-21-14-9-5-3-7-12(14)17(20)22-11-16(19)18-13-8-4-6-10-15(13)23-2/h3-10H,11H2,1-2H3,(H,18,19). The number of para-hydroxylation sites is 2. The molecule has 120 valence electrons. The smallest absolute Gasteiger partial charge is 0.342 e. The van der Waals surface area contributed by atoms with E-state index in [1.54, 1.807) is 30.3 Å². The number of amides is 1. The van der Waals surface area contributed by atoms with Crippen LogP contribution in [0.15, 0.2) is 53.4 Å². The van der Waals surface area contributed by atoms with E-state index in [1.165, 1.54) is 18.9 Å². The van der Waals surface area contributed by atoms with Crippen LogP contribution in [0.2, 0.25) is 0 Å². The molecule has 0 atom stereocenters. The van der Waals surface area contributed by atoms with Gasteiger partial charge in [0.05, 0.1) is 12.8 Å². The van der Waals surface area contributed by atoms with Crippen LogP contribution in [0.3, 0.4) is 0 Å². The second-order valence-corrected chi connectivity index (χ2v) is 5.37. The van der Waals surface area contributed by atoms with Gasteiger partial charge in [0, 0.05) is 4.90 Å². The third kappa shape index (κ3) is 4.50. The fourth-order valence-electron chi connectivity index (χ4n) is 1.96. The molecule has 0 fully saturated rings. The van der Waals surface area contributed by atoms with Crippen LogP contribution in [0, 0.1) is 0 Å². The van der Waals surface area contributed by atoms with Crippen molar-refractivity contribution in [1.29, 1.82) is 0 Å². The molecule has 0 saturated carbocycles. The number of methoxy groups -OCH3 is 1. The first kappa shape index (κ1) is 16.9. The summed E-state index contributed by atoms with van der Waals surface area (Å²) in [4.78, 5) is 24.9. The molecule has 6 heteroatoms. The number of thioether (sulfide) groups is 1. The van der Waals surface area contributed by atoms with Crippen molar-refractivity contribution >= 4 is 29.3 Å². The van der Waals surface area contributed by atoms with Gasteiger partial charge < -0.3 is 14.8 Å². The molecule has 0 unspecified atom stereocenters. The van der Waals surface area contributed by atoms with E-state index in [9.17, 15) is 9.59 Å². The maximum atomic E-state index is 12.0. The van der Waals surface area contributed by atoms with Gasteiger partial charge in [-0.3, -0.25) is 4.79 Å². The van der Waals surface area contributed by atoms with Crippen LogP contribution >= 0.6 is 11.8 Å². The Bertz CT molecular complexity index is 702. The Kier molecular flexibility index (Phi) is 6.05. The van der Waals surface area contributed by atoms with Crippen LogP contribution in [0.25, 0.3) is 0 Å². The van der Waals surface area contributed by atoms with E-state index in [1.807, 2.05) is 24.5 Å². The van der Waals surface area contributed by atoms with Crippen molar-refractivity contribution in [2.45, 2.75) is 4.90 Å². The average molecular weight is 331 g/mol. The lowest BCUT2D eigenvalue weighted by Gasteiger charge is -2.10. The van der Waals surface area contributed by atoms with Crippen LogP contribution in [-0.2, 0) is 9.53 Å². The molecule has 0 aliphatic carbocycles. The number of ether oxygens (including phenoxy) is 2. The fourth-order valence-corrected chi connectivity index (χ4v) is 2.51. The Balaban J connectivity index is 1.95. The molecular weight excluding hydrogens is 314 g/mol. The van der Waals surface area contributed by atoms with E-state index >= 15 is 0 Å². The highest BCUT2D eigenvalue weighted by Gasteiger charge is 2.15. The van der Waals surface area contributed by atoms with E-state index in [-0.39, 0.29) is 12.2 Å². The molecule has 0 saturated heterocycles. The fraction of sp³-hybridized carbons (Fsp3) is 0.176. The number of carbonyl (C=O) groups is 2. The molecule has 0 aliphatic rings. The van der Waals surface area contributed by atoms with E-state index < -0.39 is 11.9 Å². The topological polar surface area (TPSA) is 64.6 Å². The lowest BCUT2D eigenvalue weighted by molar-refractivity contribution is -0.119. The largest absolute Gasteiger partial charge is 0.496 e. The number of hydrogen-bond acceptors (Lipinski definition) is 5. The summed E-state index contributed by atoms with van der Waals surface area (Å²) < 4.78 is 10.1. The molecule has 23 heavy (non-hydrogen) atoms. The lowest BCUT2D eigenvalue weighted by Crippen LogP contribution is -2.21. The van der Waals surface area contributed by atoms with Crippen LogP contribution in [-0.4, -0.2) is 31.8 Å². The molecule has 0 aliphatic heterocycles. The molecule has 5 nitrogen and oxygen atoms in total. The highest BCUT2D eigenvalue weighted by Crippen LogP contribution is 2.24. The Morgan fingerprint density at radius 3 is 2.52 bits per heavy atom. The lowest BCUT2D eigenvalue weighted by atomic mass is 10.2. The molecule has 2 rings (SSSR count). The molecule has 0 bridgehead atoms. The van der Waals surface area contributed by atoms with E-state index in [2.05, 4.69) is 5.32 Å². The Labute approximate surface area is 139 Å². The molecular formula is C17H17NO4S. The van der Waals surface area contributed by atoms with Crippen molar-refractivity contribution in [3.8, 4) is 5.75 Å². The van der Waals surface area contributed by atoms with Gasteiger partial charge in [-0.1, -0.05) is 24.3 Å². The van der Waals surface area contributed by atoms with Crippen molar-refractivity contribution in [3.63, 3.8) is 0 Å². The number of carbonyl (C=O) groups excluding carboxylic acids is 2. The normalized spacial score (nSPS) is 10.0. The SMILES string of the molecule is COc1ccccc1C(=O)OCC(=O)Nc1ccccc1SC. The minimum absolute atomic E-state index is 0.285. The quantitative estimate of drug-likeness (QED) is 0.650. The predicted molar refractivity (Wildman–Crippen MR) is 90.1 cm³/mol. The van der Waals surface area contributed by atoms with Crippen LogP contribution in [0.5, 0.6) is 5.75 Å². The van der Waals surface area contributed by atoms with Crippen molar-refractivity contribution in [2.75, 3.05) is 25.3 Å². The summed E-state index contributed by atoms with van der Waals surface area (Å²) >= 11 is 1.52. The average Bonchev–Trinajstić information content (AvgIpc) is 2.60. The third-order valence-corrected chi connectivity index (χ3v) is 3.84. The van der Waals surface area contributed by atoms with Crippen LogP contribution in [0.1, 0.15) is 10.4 Å². The zero-order valence-electron chi connectivity index (χ0n) is 12.9. The highest BCUT2D eigenvalue weighted by molar-refractivity contribution is 7.98. The monoisotopic (exact) mass is 331 g/mol. The van der Waals surface area contributed by atoms with E-state index in [4.69, 9.17) is 9.47 Å². The summed E-state index contributed by atoms with van der Waals surface area (Å²) in [5.41, 5.74) is 0.977. The molecule has 0 spiro atoms. The van der Waals surface area contributed by atoms with Crippen molar-refractivity contribution in [3.05, 3.63) is 54.1 Å². The third-order valence-electron chi connectivity index (χ3n) is 3.04. The number of anilines is 1. The van der Waals surface area contributed by atoms with E-state index in [0.717, 1.165) is 4.90 Å². The maximum absolute atomic E-state index is 12.0. The van der Waals surface area contributed by atoms with Gasteiger partial charge >= 0.3 is 5.97 Å². The van der Waals surface area contributed by atoms with Crippen molar-refractivity contribution in [2.24, 2.45) is 0 Å². The van der Waals surface area contributed by atoms with Gasteiger partial charge in [-0.15, -0.1) is 11.8 Å². The minimum atomic E-state index is -0.601. The summed E-state index contributed by atoms with van der Waals surface area (Å²) in [7, 11) is 1.47. The van der Waals surface area contributed by atoms with Crippen LogP contribution < -0.4 is 10.1 Å². The van der Waals surface area contributed by atoms with Gasteiger partial charge in [-0.05, 0) is 30.5 Å². The molecule has 0 radical (unpaired) electrons. The summed E-state index contributed by atoms with van der Waals surface area (Å²) in [6.45, 7) is -0.362. The molecule has 2 aromatic rings. The molecule has 1 N–H and O–H groups in total. The Morgan fingerprint density at radius 2 is 1.78 bits per heavy atom. The molecule has 1 amide bonds. The van der Waals surface area contributed by atoms with Gasteiger partial charge in [0.2, 0.25) is 0 Å².